The highest BCUT2D eigenvalue weighted by atomic mass is 16.4. The van der Waals surface area contributed by atoms with Gasteiger partial charge in [0.25, 0.3) is 0 Å². The molecule has 2 heterocycles. The molecule has 1 atom stereocenters. The van der Waals surface area contributed by atoms with Crippen LogP contribution in [0.5, 0.6) is 0 Å². The third kappa shape index (κ3) is 3.46. The lowest BCUT2D eigenvalue weighted by molar-refractivity contribution is 0.0697. The van der Waals surface area contributed by atoms with E-state index in [0.717, 1.165) is 6.54 Å². The summed E-state index contributed by atoms with van der Waals surface area (Å²) in [4.78, 5) is 18.2. The van der Waals surface area contributed by atoms with Gasteiger partial charge in [-0.2, -0.15) is 0 Å². The number of nitrogens with one attached hydrogen (secondary N) is 1. The molecule has 152 valence electrons. The molecule has 5 heteroatoms. The number of aromatic nitrogens is 1. The first-order chi connectivity index (χ1) is 14.6. The monoisotopic (exact) mass is 399 g/mol. The average molecular weight is 399 g/mol. The van der Waals surface area contributed by atoms with Gasteiger partial charge in [-0.3, -0.25) is 9.88 Å². The van der Waals surface area contributed by atoms with E-state index in [0.29, 0.717) is 18.3 Å². The smallest absolute Gasteiger partial charge is 0.337 e. The summed E-state index contributed by atoms with van der Waals surface area (Å²) in [5.41, 5.74) is 7.37. The molecule has 2 aromatic carbocycles. The summed E-state index contributed by atoms with van der Waals surface area (Å²) in [6.45, 7) is 3.77. The van der Waals surface area contributed by atoms with Crippen molar-refractivity contribution in [2.24, 2.45) is 0 Å². The van der Waals surface area contributed by atoms with Crippen molar-refractivity contribution in [1.29, 1.82) is 0 Å². The molecule has 2 N–H and O–H groups in total. The fourth-order valence-electron chi connectivity index (χ4n) is 4.56. The van der Waals surface area contributed by atoms with Crippen molar-refractivity contribution in [3.63, 3.8) is 0 Å². The van der Waals surface area contributed by atoms with Crippen molar-refractivity contribution in [2.75, 3.05) is 11.9 Å². The fraction of sp³-hybridized carbons (Fsp3) is 0.280. The molecular formula is C25H25N3O2. The largest absolute Gasteiger partial charge is 0.478 e. The number of hydrogen-bond donors (Lipinski definition) is 2. The van der Waals surface area contributed by atoms with Gasteiger partial charge in [-0.15, -0.1) is 0 Å². The van der Waals surface area contributed by atoms with Gasteiger partial charge in [0.05, 0.1) is 23.5 Å². The molecular weight excluding hydrogens is 374 g/mol. The maximum atomic E-state index is 11.5. The lowest BCUT2D eigenvalue weighted by Gasteiger charge is -2.25. The van der Waals surface area contributed by atoms with Crippen LogP contribution >= 0.6 is 0 Å². The van der Waals surface area contributed by atoms with Crippen molar-refractivity contribution >= 4 is 11.7 Å². The maximum Gasteiger partial charge on any atom is 0.337 e. The lowest BCUT2D eigenvalue weighted by Crippen LogP contribution is -2.29. The normalized spacial score (nSPS) is 18.2. The molecule has 1 aliphatic carbocycles. The van der Waals surface area contributed by atoms with E-state index in [4.69, 9.17) is 0 Å². The molecule has 1 fully saturated rings. The summed E-state index contributed by atoms with van der Waals surface area (Å²) < 4.78 is 0. The van der Waals surface area contributed by atoms with Gasteiger partial charge < -0.3 is 10.4 Å². The van der Waals surface area contributed by atoms with E-state index in [-0.39, 0.29) is 11.6 Å². The zero-order valence-electron chi connectivity index (χ0n) is 17.0. The van der Waals surface area contributed by atoms with Crippen LogP contribution in [0.4, 0.5) is 5.69 Å². The molecule has 5 rings (SSSR count). The highest BCUT2D eigenvalue weighted by Gasteiger charge is 2.39. The lowest BCUT2D eigenvalue weighted by atomic mass is 9.95. The van der Waals surface area contributed by atoms with Crippen molar-refractivity contribution in [3.8, 4) is 11.1 Å². The van der Waals surface area contributed by atoms with E-state index in [2.05, 4.69) is 64.6 Å². The number of aromatic carboxylic acids is 1. The first-order valence-corrected chi connectivity index (χ1v) is 10.5. The molecule has 0 spiro atoms. The van der Waals surface area contributed by atoms with E-state index in [9.17, 15) is 9.90 Å². The number of pyridine rings is 1. The number of rotatable bonds is 6. The third-order valence-corrected chi connectivity index (χ3v) is 6.26. The summed E-state index contributed by atoms with van der Waals surface area (Å²) in [6.07, 6.45) is 5.59. The van der Waals surface area contributed by atoms with Crippen LogP contribution in [-0.2, 0) is 6.54 Å². The minimum atomic E-state index is -0.936. The van der Waals surface area contributed by atoms with Crippen LogP contribution < -0.4 is 5.32 Å². The molecule has 1 aromatic heterocycles. The van der Waals surface area contributed by atoms with E-state index >= 15 is 0 Å². The third-order valence-electron chi connectivity index (χ3n) is 6.26. The van der Waals surface area contributed by atoms with E-state index in [1.54, 1.807) is 12.3 Å². The number of carboxylic acid groups (broad SMARTS) is 1. The van der Waals surface area contributed by atoms with E-state index in [1.165, 1.54) is 46.9 Å². The molecule has 30 heavy (non-hydrogen) atoms. The van der Waals surface area contributed by atoms with Crippen molar-refractivity contribution in [1.82, 2.24) is 9.88 Å². The van der Waals surface area contributed by atoms with Gasteiger partial charge in [-0.05, 0) is 59.7 Å². The second-order valence-electron chi connectivity index (χ2n) is 8.26. The minimum absolute atomic E-state index is 0.236. The molecule has 2 aliphatic rings. The number of anilines is 1. The summed E-state index contributed by atoms with van der Waals surface area (Å²) in [7, 11) is 0. The Kier molecular flexibility index (Phi) is 4.75. The van der Waals surface area contributed by atoms with E-state index in [1.807, 2.05) is 0 Å². The molecule has 0 amide bonds. The van der Waals surface area contributed by atoms with Crippen LogP contribution in [0.15, 0.2) is 60.9 Å². The maximum absolute atomic E-state index is 11.5. The summed E-state index contributed by atoms with van der Waals surface area (Å²) >= 11 is 0. The van der Waals surface area contributed by atoms with Gasteiger partial charge in [0.2, 0.25) is 0 Å². The molecule has 1 aliphatic heterocycles. The number of hydrogen-bond acceptors (Lipinski definition) is 4. The molecule has 0 unspecified atom stereocenters. The highest BCUT2D eigenvalue weighted by Crippen LogP contribution is 2.43. The zero-order valence-corrected chi connectivity index (χ0v) is 17.0. The van der Waals surface area contributed by atoms with Gasteiger partial charge in [-0.1, -0.05) is 36.4 Å². The molecule has 0 saturated heterocycles. The average Bonchev–Trinajstić information content (AvgIpc) is 3.54. The SMILES string of the molecule is Cc1ccccc1-c1ccc2c(c1)CN(C1CC1)[C@@H]2CNc1cnccc1C(=O)O. The van der Waals surface area contributed by atoms with Crippen LogP contribution in [-0.4, -0.2) is 33.5 Å². The van der Waals surface area contributed by atoms with Gasteiger partial charge >= 0.3 is 5.97 Å². The number of fused-ring (bicyclic) bond motifs is 1. The van der Waals surface area contributed by atoms with Gasteiger partial charge in [0.1, 0.15) is 0 Å². The highest BCUT2D eigenvalue weighted by molar-refractivity contribution is 5.93. The van der Waals surface area contributed by atoms with Crippen LogP contribution in [0, 0.1) is 6.92 Å². The Morgan fingerprint density at radius 3 is 2.80 bits per heavy atom. The topological polar surface area (TPSA) is 65.5 Å². The number of carboxylic acids is 1. The predicted octanol–water partition coefficient (Wildman–Crippen LogP) is 4.89. The van der Waals surface area contributed by atoms with Gasteiger partial charge in [0.15, 0.2) is 0 Å². The van der Waals surface area contributed by atoms with Crippen molar-refractivity contribution < 1.29 is 9.90 Å². The molecule has 0 radical (unpaired) electrons. The Balaban J connectivity index is 1.43. The van der Waals surface area contributed by atoms with Gasteiger partial charge in [0, 0.05) is 25.3 Å². The quantitative estimate of drug-likeness (QED) is 0.618. The summed E-state index contributed by atoms with van der Waals surface area (Å²) in [5.74, 6) is -0.936. The van der Waals surface area contributed by atoms with E-state index < -0.39 is 5.97 Å². The first-order valence-electron chi connectivity index (χ1n) is 10.5. The number of nitrogens with zero attached hydrogens (tertiary/aromatic N) is 2. The Bertz CT molecular complexity index is 1110. The van der Waals surface area contributed by atoms with Crippen LogP contribution in [0.25, 0.3) is 11.1 Å². The fourth-order valence-corrected chi connectivity index (χ4v) is 4.56. The summed E-state index contributed by atoms with van der Waals surface area (Å²) in [6, 6.07) is 17.7. The number of aryl methyl sites for hydroxylation is 1. The van der Waals surface area contributed by atoms with Crippen LogP contribution in [0.3, 0.4) is 0 Å². The zero-order chi connectivity index (χ0) is 20.7. The van der Waals surface area contributed by atoms with Crippen molar-refractivity contribution in [2.45, 2.75) is 38.4 Å². The van der Waals surface area contributed by atoms with Crippen LogP contribution in [0.2, 0.25) is 0 Å². The second-order valence-corrected chi connectivity index (χ2v) is 8.26. The van der Waals surface area contributed by atoms with Gasteiger partial charge in [-0.25, -0.2) is 4.79 Å². The predicted molar refractivity (Wildman–Crippen MR) is 118 cm³/mol. The first kappa shape index (κ1) is 18.8. The number of carbonyl (C=O) groups is 1. The minimum Gasteiger partial charge on any atom is -0.478 e. The Morgan fingerprint density at radius 1 is 1.20 bits per heavy atom. The summed E-state index contributed by atoms with van der Waals surface area (Å²) in [5, 5.41) is 12.8. The Morgan fingerprint density at radius 2 is 2.03 bits per heavy atom. The molecule has 1 saturated carbocycles. The standard InChI is InChI=1S/C25H25N3O2/c1-16-4-2-3-5-20(16)17-6-9-21-18(12-17)15-28(19-7-8-19)24(21)14-27-23-13-26-11-10-22(23)25(29)30/h2-6,9-13,19,24,27H,7-8,14-15H2,1H3,(H,29,30)/t24-/m1/s1. The molecule has 5 nitrogen and oxygen atoms in total. The number of benzene rings is 2. The van der Waals surface area contributed by atoms with Crippen LogP contribution in [0.1, 0.15) is 45.9 Å². The Hall–Kier alpha value is -3.18. The second kappa shape index (κ2) is 7.58. The van der Waals surface area contributed by atoms with Crippen molar-refractivity contribution in [3.05, 3.63) is 83.2 Å². The Labute approximate surface area is 176 Å². The molecule has 0 bridgehead atoms. The molecule has 3 aromatic rings.